The van der Waals surface area contributed by atoms with Gasteiger partial charge in [0.15, 0.2) is 0 Å². The second kappa shape index (κ2) is 4.80. The van der Waals surface area contributed by atoms with E-state index >= 15 is 0 Å². The lowest BCUT2D eigenvalue weighted by molar-refractivity contribution is -0.384. The van der Waals surface area contributed by atoms with Crippen LogP contribution in [0.15, 0.2) is 18.2 Å². The largest absolute Gasteiger partial charge is 0.397 e. The lowest BCUT2D eigenvalue weighted by Crippen LogP contribution is -2.42. The molecule has 17 heavy (non-hydrogen) atoms. The van der Waals surface area contributed by atoms with Crippen molar-refractivity contribution >= 4 is 29.9 Å². The van der Waals surface area contributed by atoms with Gasteiger partial charge in [0.2, 0.25) is 0 Å². The molecule has 0 bridgehead atoms. The number of thiol groups is 1. The van der Waals surface area contributed by atoms with E-state index in [1.165, 1.54) is 12.1 Å². The number of nitro benzene ring substituents is 1. The lowest BCUT2D eigenvalue weighted by Gasteiger charge is -2.33. The highest BCUT2D eigenvalue weighted by Crippen LogP contribution is 2.28. The van der Waals surface area contributed by atoms with Crippen molar-refractivity contribution in [2.45, 2.75) is 0 Å². The molecular formula is C10H14N4O2S. The number of hydrogen-bond acceptors (Lipinski definition) is 6. The summed E-state index contributed by atoms with van der Waals surface area (Å²) in [4.78, 5) is 12.3. The Labute approximate surface area is 105 Å². The molecule has 0 amide bonds. The number of rotatable bonds is 2. The standard InChI is InChI=1S/C10H14N4O2S/c11-9-7-8(14(15)16)1-2-10(9)12-3-5-13(17)6-4-12/h1-2,7,17H,3-6,11H2. The van der Waals surface area contributed by atoms with E-state index < -0.39 is 4.92 Å². The Morgan fingerprint density at radius 3 is 2.47 bits per heavy atom. The fraction of sp³-hybridized carbons (Fsp3) is 0.400. The van der Waals surface area contributed by atoms with E-state index in [4.69, 9.17) is 5.73 Å². The molecule has 1 aliphatic rings. The normalized spacial score (nSPS) is 17.1. The molecule has 6 nitrogen and oxygen atoms in total. The van der Waals surface area contributed by atoms with Crippen LogP contribution in [0.1, 0.15) is 0 Å². The van der Waals surface area contributed by atoms with Gasteiger partial charge in [-0.05, 0) is 6.07 Å². The molecule has 0 aliphatic carbocycles. The molecule has 1 aromatic carbocycles. The van der Waals surface area contributed by atoms with Gasteiger partial charge in [0.25, 0.3) is 5.69 Å². The van der Waals surface area contributed by atoms with E-state index in [9.17, 15) is 10.1 Å². The zero-order valence-corrected chi connectivity index (χ0v) is 10.1. The summed E-state index contributed by atoms with van der Waals surface area (Å²) in [5.41, 5.74) is 7.18. The number of benzene rings is 1. The van der Waals surface area contributed by atoms with Crippen molar-refractivity contribution in [2.24, 2.45) is 0 Å². The Bertz CT molecular complexity index is 432. The maximum Gasteiger partial charge on any atom is 0.271 e. The number of nitrogens with zero attached hydrogens (tertiary/aromatic N) is 3. The number of anilines is 2. The van der Waals surface area contributed by atoms with Crippen molar-refractivity contribution in [3.63, 3.8) is 0 Å². The second-order valence-corrected chi connectivity index (χ2v) is 4.51. The molecule has 0 saturated carbocycles. The fourth-order valence-electron chi connectivity index (χ4n) is 1.88. The SMILES string of the molecule is Nc1cc([N+](=O)[O-])ccc1N1CCN(S)CC1. The zero-order valence-electron chi connectivity index (χ0n) is 9.24. The Kier molecular flexibility index (Phi) is 3.39. The van der Waals surface area contributed by atoms with E-state index in [1.54, 1.807) is 6.07 Å². The van der Waals surface area contributed by atoms with Gasteiger partial charge < -0.3 is 10.6 Å². The first-order valence-corrected chi connectivity index (χ1v) is 5.70. The maximum atomic E-state index is 10.6. The second-order valence-electron chi connectivity index (χ2n) is 3.94. The van der Waals surface area contributed by atoms with Crippen LogP contribution in [0.2, 0.25) is 0 Å². The molecule has 0 spiro atoms. The Morgan fingerprint density at radius 1 is 1.29 bits per heavy atom. The van der Waals surface area contributed by atoms with Gasteiger partial charge in [-0.2, -0.15) is 0 Å². The summed E-state index contributed by atoms with van der Waals surface area (Å²) in [7, 11) is 0. The lowest BCUT2D eigenvalue weighted by atomic mass is 10.2. The molecule has 0 unspecified atom stereocenters. The third-order valence-electron chi connectivity index (χ3n) is 2.82. The molecule has 1 heterocycles. The van der Waals surface area contributed by atoms with E-state index in [0.29, 0.717) is 5.69 Å². The van der Waals surface area contributed by atoms with Gasteiger partial charge in [0.1, 0.15) is 0 Å². The third kappa shape index (κ3) is 2.62. The number of nitro groups is 1. The molecule has 7 heteroatoms. The van der Waals surface area contributed by atoms with Gasteiger partial charge in [0, 0.05) is 38.3 Å². The Balaban J connectivity index is 2.19. The molecule has 1 saturated heterocycles. The molecule has 1 fully saturated rings. The van der Waals surface area contributed by atoms with Crippen LogP contribution in [-0.2, 0) is 0 Å². The summed E-state index contributed by atoms with van der Waals surface area (Å²) in [5, 5.41) is 10.6. The first-order valence-electron chi connectivity index (χ1n) is 5.30. The zero-order chi connectivity index (χ0) is 12.4. The summed E-state index contributed by atoms with van der Waals surface area (Å²) < 4.78 is 1.94. The minimum atomic E-state index is -0.439. The van der Waals surface area contributed by atoms with Crippen LogP contribution in [0.4, 0.5) is 17.1 Å². The first kappa shape index (κ1) is 12.0. The Morgan fingerprint density at radius 2 is 1.94 bits per heavy atom. The van der Waals surface area contributed by atoms with E-state index in [2.05, 4.69) is 17.7 Å². The van der Waals surface area contributed by atoms with Crippen molar-refractivity contribution in [2.75, 3.05) is 36.8 Å². The number of non-ortho nitro benzene ring substituents is 1. The molecule has 2 rings (SSSR count). The number of piperazine rings is 1. The van der Waals surface area contributed by atoms with Crippen LogP contribution in [0.25, 0.3) is 0 Å². The quantitative estimate of drug-likeness (QED) is 0.358. The Hall–Kier alpha value is -1.47. The fourth-order valence-corrected chi connectivity index (χ4v) is 2.06. The van der Waals surface area contributed by atoms with Crippen molar-refractivity contribution in [1.29, 1.82) is 0 Å². The van der Waals surface area contributed by atoms with Gasteiger partial charge >= 0.3 is 0 Å². The molecular weight excluding hydrogens is 240 g/mol. The summed E-state index contributed by atoms with van der Waals surface area (Å²) in [6.07, 6.45) is 0. The third-order valence-corrected chi connectivity index (χ3v) is 3.22. The highest BCUT2D eigenvalue weighted by molar-refractivity contribution is 7.77. The molecule has 0 aromatic heterocycles. The molecule has 92 valence electrons. The van der Waals surface area contributed by atoms with Gasteiger partial charge in [-0.1, -0.05) is 12.8 Å². The van der Waals surface area contributed by atoms with Crippen LogP contribution in [0.3, 0.4) is 0 Å². The molecule has 0 atom stereocenters. The van der Waals surface area contributed by atoms with Crippen molar-refractivity contribution in [3.8, 4) is 0 Å². The predicted molar refractivity (Wildman–Crippen MR) is 70.3 cm³/mol. The minimum absolute atomic E-state index is 0.0269. The molecule has 1 aromatic rings. The van der Waals surface area contributed by atoms with Crippen LogP contribution in [0, 0.1) is 10.1 Å². The molecule has 1 aliphatic heterocycles. The highest BCUT2D eigenvalue weighted by atomic mass is 32.1. The van der Waals surface area contributed by atoms with E-state index in [0.717, 1.165) is 31.9 Å². The monoisotopic (exact) mass is 254 g/mol. The van der Waals surface area contributed by atoms with Crippen LogP contribution in [-0.4, -0.2) is 35.4 Å². The van der Waals surface area contributed by atoms with E-state index in [1.807, 2.05) is 4.31 Å². The van der Waals surface area contributed by atoms with Gasteiger partial charge in [-0.15, -0.1) is 0 Å². The number of nitrogens with two attached hydrogens (primary N) is 1. The topological polar surface area (TPSA) is 75.6 Å². The minimum Gasteiger partial charge on any atom is -0.397 e. The van der Waals surface area contributed by atoms with Gasteiger partial charge in [0.05, 0.1) is 16.3 Å². The molecule has 2 N–H and O–H groups in total. The predicted octanol–water partition coefficient (Wildman–Crippen LogP) is 1.14. The summed E-state index contributed by atoms with van der Waals surface area (Å²) >= 11 is 4.27. The summed E-state index contributed by atoms with van der Waals surface area (Å²) in [6, 6.07) is 4.60. The smallest absolute Gasteiger partial charge is 0.271 e. The highest BCUT2D eigenvalue weighted by Gasteiger charge is 2.18. The summed E-state index contributed by atoms with van der Waals surface area (Å²) in [5.74, 6) is 0. The van der Waals surface area contributed by atoms with Gasteiger partial charge in [-0.25, -0.2) is 4.31 Å². The maximum absolute atomic E-state index is 10.6. The van der Waals surface area contributed by atoms with E-state index in [-0.39, 0.29) is 5.69 Å². The summed E-state index contributed by atoms with van der Waals surface area (Å²) in [6.45, 7) is 3.34. The average molecular weight is 254 g/mol. The first-order chi connectivity index (χ1) is 8.08. The van der Waals surface area contributed by atoms with Crippen LogP contribution in [0.5, 0.6) is 0 Å². The van der Waals surface area contributed by atoms with Crippen molar-refractivity contribution in [3.05, 3.63) is 28.3 Å². The van der Waals surface area contributed by atoms with Gasteiger partial charge in [-0.3, -0.25) is 10.1 Å². The van der Waals surface area contributed by atoms with Crippen LogP contribution < -0.4 is 10.6 Å². The van der Waals surface area contributed by atoms with Crippen molar-refractivity contribution < 1.29 is 4.92 Å². The number of hydrogen-bond donors (Lipinski definition) is 2. The average Bonchev–Trinajstić information content (AvgIpc) is 2.30. The molecule has 0 radical (unpaired) electrons. The van der Waals surface area contributed by atoms with Crippen molar-refractivity contribution in [1.82, 2.24) is 4.31 Å². The van der Waals surface area contributed by atoms with Crippen LogP contribution >= 0.6 is 12.8 Å². The number of nitrogen functional groups attached to an aromatic ring is 1.